The van der Waals surface area contributed by atoms with E-state index < -0.39 is 9.84 Å². The Hall–Kier alpha value is -1.88. The smallest absolute Gasteiger partial charge is 0.191 e. The Balaban J connectivity index is 0.00000341. The molecule has 1 fully saturated rings. The second-order valence-electron chi connectivity index (χ2n) is 7.76. The van der Waals surface area contributed by atoms with Crippen molar-refractivity contribution in [3.63, 3.8) is 0 Å². The summed E-state index contributed by atoms with van der Waals surface area (Å²) >= 11 is 0. The van der Waals surface area contributed by atoms with Crippen LogP contribution in [0.5, 0.6) is 0 Å². The first-order valence-electron chi connectivity index (χ1n) is 10.3. The van der Waals surface area contributed by atoms with Gasteiger partial charge in [0.05, 0.1) is 4.90 Å². The van der Waals surface area contributed by atoms with Gasteiger partial charge in [0.1, 0.15) is 5.82 Å². The molecule has 0 saturated carbocycles. The van der Waals surface area contributed by atoms with Crippen molar-refractivity contribution in [2.24, 2.45) is 4.99 Å². The van der Waals surface area contributed by atoms with Crippen molar-refractivity contribution < 1.29 is 8.42 Å². The van der Waals surface area contributed by atoms with Crippen molar-refractivity contribution >= 4 is 45.6 Å². The molecule has 1 aromatic heterocycles. The zero-order valence-corrected chi connectivity index (χ0v) is 21.5. The van der Waals surface area contributed by atoms with Crippen molar-refractivity contribution in [1.82, 2.24) is 15.6 Å². The second-order valence-corrected chi connectivity index (χ2v) is 9.78. The van der Waals surface area contributed by atoms with Crippen LogP contribution < -0.4 is 15.5 Å². The molecule has 2 N–H and O–H groups in total. The third-order valence-electron chi connectivity index (χ3n) is 5.34. The van der Waals surface area contributed by atoms with Gasteiger partial charge in [0.25, 0.3) is 0 Å². The van der Waals surface area contributed by atoms with E-state index in [1.807, 2.05) is 18.3 Å². The standard InChI is InChI=1S/C22H31N5O2S.HI/c1-17-4-9-21(25-16-17)27-14-11-19(12-15-27)26-22(23-2)24-13-10-18-5-7-20(8-6-18)30(3,28)29;/h4-9,16,19H,10-15H2,1-3H3,(H2,23,24,26);1H. The van der Waals surface area contributed by atoms with Gasteiger partial charge in [-0.25, -0.2) is 13.4 Å². The second kappa shape index (κ2) is 11.7. The van der Waals surface area contributed by atoms with Crippen LogP contribution in [0.2, 0.25) is 0 Å². The molecule has 1 aromatic carbocycles. The van der Waals surface area contributed by atoms with E-state index in [0.717, 1.165) is 56.2 Å². The summed E-state index contributed by atoms with van der Waals surface area (Å²) in [5.74, 6) is 1.85. The molecular weight excluding hydrogens is 525 g/mol. The number of halogens is 1. The van der Waals surface area contributed by atoms with Crippen molar-refractivity contribution in [2.75, 3.05) is 37.8 Å². The molecule has 2 heterocycles. The third-order valence-corrected chi connectivity index (χ3v) is 6.47. The van der Waals surface area contributed by atoms with Gasteiger partial charge in [0.15, 0.2) is 15.8 Å². The van der Waals surface area contributed by atoms with E-state index in [9.17, 15) is 8.42 Å². The SMILES string of the molecule is CN=C(NCCc1ccc(S(C)(=O)=O)cc1)NC1CCN(c2ccc(C)cn2)CC1.I. The van der Waals surface area contributed by atoms with Crippen LogP contribution in [0.1, 0.15) is 24.0 Å². The number of sulfone groups is 1. The van der Waals surface area contributed by atoms with E-state index in [2.05, 4.69) is 44.6 Å². The van der Waals surface area contributed by atoms with Gasteiger partial charge in [-0.05, 0) is 55.5 Å². The van der Waals surface area contributed by atoms with Crippen LogP contribution in [0.15, 0.2) is 52.5 Å². The summed E-state index contributed by atoms with van der Waals surface area (Å²) in [7, 11) is -1.37. The van der Waals surface area contributed by atoms with Gasteiger partial charge >= 0.3 is 0 Å². The predicted molar refractivity (Wildman–Crippen MR) is 137 cm³/mol. The molecule has 1 aliphatic rings. The number of rotatable bonds is 6. The number of benzene rings is 1. The van der Waals surface area contributed by atoms with E-state index in [-0.39, 0.29) is 24.0 Å². The Morgan fingerprint density at radius 3 is 2.39 bits per heavy atom. The number of aryl methyl sites for hydroxylation is 1. The zero-order chi connectivity index (χ0) is 21.6. The molecule has 0 bridgehead atoms. The summed E-state index contributed by atoms with van der Waals surface area (Å²) in [6.07, 6.45) is 6.00. The van der Waals surface area contributed by atoms with Gasteiger partial charge in [0, 0.05) is 45.2 Å². The average Bonchev–Trinajstić information content (AvgIpc) is 2.74. The molecule has 7 nitrogen and oxygen atoms in total. The van der Waals surface area contributed by atoms with Crippen LogP contribution in [-0.2, 0) is 16.3 Å². The van der Waals surface area contributed by atoms with Gasteiger partial charge < -0.3 is 15.5 Å². The first-order chi connectivity index (χ1) is 14.3. The van der Waals surface area contributed by atoms with E-state index in [4.69, 9.17) is 0 Å². The number of nitrogens with zero attached hydrogens (tertiary/aromatic N) is 3. The lowest BCUT2D eigenvalue weighted by atomic mass is 10.1. The van der Waals surface area contributed by atoms with E-state index >= 15 is 0 Å². The van der Waals surface area contributed by atoms with Gasteiger partial charge in [-0.1, -0.05) is 18.2 Å². The molecule has 9 heteroatoms. The number of pyridine rings is 1. The van der Waals surface area contributed by atoms with Crippen molar-refractivity contribution in [2.45, 2.75) is 37.1 Å². The summed E-state index contributed by atoms with van der Waals surface area (Å²) in [5, 5.41) is 6.87. The Morgan fingerprint density at radius 2 is 1.84 bits per heavy atom. The summed E-state index contributed by atoms with van der Waals surface area (Å²) in [6, 6.07) is 11.6. The number of nitrogens with one attached hydrogen (secondary N) is 2. The number of hydrogen-bond acceptors (Lipinski definition) is 5. The highest BCUT2D eigenvalue weighted by Gasteiger charge is 2.20. The van der Waals surface area contributed by atoms with Gasteiger partial charge in [-0.15, -0.1) is 24.0 Å². The highest BCUT2D eigenvalue weighted by molar-refractivity contribution is 14.0. The third kappa shape index (κ3) is 7.64. The highest BCUT2D eigenvalue weighted by Crippen LogP contribution is 2.18. The molecule has 0 spiro atoms. The lowest BCUT2D eigenvalue weighted by Crippen LogP contribution is -2.49. The first-order valence-corrected chi connectivity index (χ1v) is 12.2. The molecule has 3 rings (SSSR count). The fourth-order valence-corrected chi connectivity index (χ4v) is 4.15. The molecular formula is C22H32IN5O2S. The molecule has 170 valence electrons. The van der Waals surface area contributed by atoms with Gasteiger partial charge in [-0.2, -0.15) is 0 Å². The molecule has 1 aliphatic heterocycles. The zero-order valence-electron chi connectivity index (χ0n) is 18.3. The molecule has 0 aliphatic carbocycles. The molecule has 0 unspecified atom stereocenters. The number of piperidine rings is 1. The summed E-state index contributed by atoms with van der Waals surface area (Å²) in [4.78, 5) is 11.5. The fourth-order valence-electron chi connectivity index (χ4n) is 3.52. The van der Waals surface area contributed by atoms with E-state index in [0.29, 0.717) is 10.9 Å². The van der Waals surface area contributed by atoms with Crippen molar-refractivity contribution in [3.05, 3.63) is 53.7 Å². The first kappa shape index (κ1) is 25.4. The minimum Gasteiger partial charge on any atom is -0.356 e. The van der Waals surface area contributed by atoms with Gasteiger partial charge in [-0.3, -0.25) is 4.99 Å². The Bertz CT molecular complexity index is 954. The molecule has 1 saturated heterocycles. The molecule has 31 heavy (non-hydrogen) atoms. The van der Waals surface area contributed by atoms with Crippen LogP contribution in [-0.4, -0.2) is 58.3 Å². The van der Waals surface area contributed by atoms with Crippen LogP contribution in [0.3, 0.4) is 0 Å². The highest BCUT2D eigenvalue weighted by atomic mass is 127. The topological polar surface area (TPSA) is 86.7 Å². The number of anilines is 1. The normalized spacial score (nSPS) is 15.3. The van der Waals surface area contributed by atoms with Crippen molar-refractivity contribution in [1.29, 1.82) is 0 Å². The number of aromatic nitrogens is 1. The quantitative estimate of drug-likeness (QED) is 0.323. The fraction of sp³-hybridized carbons (Fsp3) is 0.455. The van der Waals surface area contributed by atoms with Crippen LogP contribution in [0, 0.1) is 6.92 Å². The largest absolute Gasteiger partial charge is 0.356 e. The predicted octanol–water partition coefficient (Wildman–Crippen LogP) is 2.79. The Morgan fingerprint density at radius 1 is 1.16 bits per heavy atom. The maximum Gasteiger partial charge on any atom is 0.191 e. The maximum atomic E-state index is 11.5. The number of guanidine groups is 1. The molecule has 0 amide bonds. The Labute approximate surface area is 202 Å². The lowest BCUT2D eigenvalue weighted by molar-refractivity contribution is 0.459. The minimum absolute atomic E-state index is 0. The Kier molecular flexibility index (Phi) is 9.54. The van der Waals surface area contributed by atoms with Crippen molar-refractivity contribution in [3.8, 4) is 0 Å². The maximum absolute atomic E-state index is 11.5. The molecule has 2 aromatic rings. The van der Waals surface area contributed by atoms with E-state index in [1.54, 1.807) is 19.2 Å². The monoisotopic (exact) mass is 557 g/mol. The lowest BCUT2D eigenvalue weighted by Gasteiger charge is -2.33. The molecule has 0 radical (unpaired) electrons. The molecule has 0 atom stereocenters. The summed E-state index contributed by atoms with van der Waals surface area (Å²) in [5.41, 5.74) is 2.26. The van der Waals surface area contributed by atoms with Crippen LogP contribution in [0.4, 0.5) is 5.82 Å². The van der Waals surface area contributed by atoms with Crippen LogP contribution in [0.25, 0.3) is 0 Å². The summed E-state index contributed by atoms with van der Waals surface area (Å²) < 4.78 is 23.1. The summed E-state index contributed by atoms with van der Waals surface area (Å²) in [6.45, 7) is 4.72. The minimum atomic E-state index is -3.15. The van der Waals surface area contributed by atoms with Gasteiger partial charge in [0.2, 0.25) is 0 Å². The van der Waals surface area contributed by atoms with E-state index in [1.165, 1.54) is 11.8 Å². The van der Waals surface area contributed by atoms with Crippen LogP contribution >= 0.6 is 24.0 Å². The number of hydrogen-bond donors (Lipinski definition) is 2. The average molecular weight is 558 g/mol. The number of aliphatic imine (C=N–C) groups is 1.